The number of nitrogens with zero attached hydrogens (tertiary/aromatic N) is 3. The summed E-state index contributed by atoms with van der Waals surface area (Å²) in [6.07, 6.45) is 1.17. The Morgan fingerprint density at radius 3 is 2.67 bits per heavy atom. The molecule has 4 heteroatoms. The van der Waals surface area contributed by atoms with Crippen molar-refractivity contribution >= 4 is 5.96 Å². The number of hydrogen-bond acceptors (Lipinski definition) is 2. The number of nitrogens with one attached hydrogen (secondary N) is 1. The topological polar surface area (TPSA) is 30.9 Å². The number of aliphatic imine (C=N–C) groups is 1. The van der Waals surface area contributed by atoms with Gasteiger partial charge in [-0.15, -0.1) is 0 Å². The summed E-state index contributed by atoms with van der Waals surface area (Å²) < 4.78 is 0. The Labute approximate surface area is 128 Å². The van der Waals surface area contributed by atoms with Crippen molar-refractivity contribution in [2.45, 2.75) is 38.9 Å². The lowest BCUT2D eigenvalue weighted by Gasteiger charge is -2.22. The summed E-state index contributed by atoms with van der Waals surface area (Å²) >= 11 is 0. The lowest BCUT2D eigenvalue weighted by molar-refractivity contribution is 0.258. The smallest absolute Gasteiger partial charge is 0.193 e. The first-order valence-electron chi connectivity index (χ1n) is 7.86. The lowest BCUT2D eigenvalue weighted by Crippen LogP contribution is -2.44. The molecule has 4 nitrogen and oxygen atoms in total. The Kier molecular flexibility index (Phi) is 5.62. The van der Waals surface area contributed by atoms with Crippen LogP contribution in [-0.4, -0.2) is 55.0 Å². The number of benzene rings is 1. The molecular formula is C17H28N4. The lowest BCUT2D eigenvalue weighted by atomic mass is 10.2. The van der Waals surface area contributed by atoms with Gasteiger partial charge in [-0.05, 0) is 25.8 Å². The predicted molar refractivity (Wildman–Crippen MR) is 89.5 cm³/mol. The van der Waals surface area contributed by atoms with Crippen LogP contribution in [0.5, 0.6) is 0 Å². The van der Waals surface area contributed by atoms with E-state index in [-0.39, 0.29) is 0 Å². The fraction of sp³-hybridized carbons (Fsp3) is 0.588. The molecule has 116 valence electrons. The summed E-state index contributed by atoms with van der Waals surface area (Å²) in [6, 6.07) is 11.8. The van der Waals surface area contributed by atoms with Gasteiger partial charge >= 0.3 is 0 Å². The Bertz CT molecular complexity index is 455. The molecule has 0 radical (unpaired) electrons. The van der Waals surface area contributed by atoms with Gasteiger partial charge < -0.3 is 10.2 Å². The summed E-state index contributed by atoms with van der Waals surface area (Å²) in [5, 5.41) is 3.60. The second-order valence-electron chi connectivity index (χ2n) is 6.03. The summed E-state index contributed by atoms with van der Waals surface area (Å²) in [4.78, 5) is 9.15. The van der Waals surface area contributed by atoms with Crippen molar-refractivity contribution in [1.29, 1.82) is 0 Å². The molecule has 1 aliphatic rings. The van der Waals surface area contributed by atoms with Gasteiger partial charge in [-0.1, -0.05) is 30.3 Å². The van der Waals surface area contributed by atoms with Gasteiger partial charge in [0.25, 0.3) is 0 Å². The zero-order valence-electron chi connectivity index (χ0n) is 13.7. The standard InChI is InChI=1S/C17H28N4/c1-5-18-17(20(3)4)19-16-11-14(2)21(13-16)12-15-9-7-6-8-10-15/h6-10,14,16H,5,11-13H2,1-4H3,(H,18,19). The van der Waals surface area contributed by atoms with Crippen molar-refractivity contribution in [3.63, 3.8) is 0 Å². The van der Waals surface area contributed by atoms with Gasteiger partial charge in [0.1, 0.15) is 0 Å². The van der Waals surface area contributed by atoms with Crippen LogP contribution < -0.4 is 5.32 Å². The molecule has 1 fully saturated rings. The average molecular weight is 288 g/mol. The predicted octanol–water partition coefficient (Wildman–Crippen LogP) is 2.18. The maximum atomic E-state index is 4.53. The van der Waals surface area contributed by atoms with Crippen LogP contribution in [0.4, 0.5) is 0 Å². The zero-order chi connectivity index (χ0) is 15.2. The van der Waals surface area contributed by atoms with Gasteiger partial charge in [0.05, 0.1) is 0 Å². The van der Waals surface area contributed by atoms with Crippen molar-refractivity contribution < 1.29 is 0 Å². The van der Waals surface area contributed by atoms with Crippen molar-refractivity contribution in [2.24, 2.45) is 4.99 Å². The fourth-order valence-electron chi connectivity index (χ4n) is 2.89. The second kappa shape index (κ2) is 7.46. The van der Waals surface area contributed by atoms with Crippen LogP contribution in [-0.2, 0) is 6.54 Å². The summed E-state index contributed by atoms with van der Waals surface area (Å²) in [5.41, 5.74) is 1.39. The number of likely N-dealkylation sites (tertiary alicyclic amines) is 1. The fourth-order valence-corrected chi connectivity index (χ4v) is 2.89. The van der Waals surface area contributed by atoms with Gasteiger partial charge in [-0.3, -0.25) is 9.89 Å². The van der Waals surface area contributed by atoms with Crippen LogP contribution in [0, 0.1) is 0 Å². The minimum absolute atomic E-state index is 0.483. The highest BCUT2D eigenvalue weighted by Gasteiger charge is 2.29. The first kappa shape index (κ1) is 15.8. The van der Waals surface area contributed by atoms with Gasteiger partial charge in [-0.2, -0.15) is 0 Å². The molecular weight excluding hydrogens is 260 g/mol. The van der Waals surface area contributed by atoms with E-state index in [4.69, 9.17) is 0 Å². The first-order chi connectivity index (χ1) is 10.1. The molecule has 0 aliphatic carbocycles. The highest BCUT2D eigenvalue weighted by atomic mass is 15.3. The molecule has 0 amide bonds. The van der Waals surface area contributed by atoms with Crippen molar-refractivity contribution in [3.05, 3.63) is 35.9 Å². The van der Waals surface area contributed by atoms with E-state index < -0.39 is 0 Å². The number of rotatable bonds is 4. The van der Waals surface area contributed by atoms with E-state index in [9.17, 15) is 0 Å². The van der Waals surface area contributed by atoms with Crippen molar-refractivity contribution in [2.75, 3.05) is 27.2 Å². The minimum atomic E-state index is 0.483. The molecule has 1 heterocycles. The van der Waals surface area contributed by atoms with Crippen molar-refractivity contribution in [1.82, 2.24) is 15.1 Å². The van der Waals surface area contributed by atoms with E-state index in [1.54, 1.807) is 0 Å². The highest BCUT2D eigenvalue weighted by Crippen LogP contribution is 2.20. The Morgan fingerprint density at radius 1 is 1.33 bits per heavy atom. The second-order valence-corrected chi connectivity index (χ2v) is 6.03. The van der Waals surface area contributed by atoms with Crippen LogP contribution in [0.2, 0.25) is 0 Å². The third-order valence-corrected chi connectivity index (χ3v) is 4.00. The molecule has 0 bridgehead atoms. The largest absolute Gasteiger partial charge is 0.352 e. The molecule has 1 aromatic rings. The number of guanidine groups is 1. The van der Waals surface area contributed by atoms with E-state index in [1.165, 1.54) is 12.0 Å². The third kappa shape index (κ3) is 4.46. The van der Waals surface area contributed by atoms with Gasteiger partial charge in [0.2, 0.25) is 0 Å². The molecule has 1 aromatic carbocycles. The maximum Gasteiger partial charge on any atom is 0.193 e. The minimum Gasteiger partial charge on any atom is -0.352 e. The van der Waals surface area contributed by atoms with E-state index >= 15 is 0 Å². The Morgan fingerprint density at radius 2 is 2.05 bits per heavy atom. The SMILES string of the molecule is CCN=C(NC1CC(C)N(Cc2ccccc2)C1)N(C)C. The molecule has 0 spiro atoms. The van der Waals surface area contributed by atoms with Gasteiger partial charge in [0.15, 0.2) is 5.96 Å². The van der Waals surface area contributed by atoms with Crippen molar-refractivity contribution in [3.8, 4) is 0 Å². The van der Waals surface area contributed by atoms with Crippen LogP contribution in [0.1, 0.15) is 25.8 Å². The highest BCUT2D eigenvalue weighted by molar-refractivity contribution is 5.79. The molecule has 0 aromatic heterocycles. The van der Waals surface area contributed by atoms with Crippen LogP contribution in [0.15, 0.2) is 35.3 Å². The molecule has 1 N–H and O–H groups in total. The average Bonchev–Trinajstić information content (AvgIpc) is 2.79. The summed E-state index contributed by atoms with van der Waals surface area (Å²) in [7, 11) is 4.09. The Hall–Kier alpha value is -1.55. The monoisotopic (exact) mass is 288 g/mol. The van der Waals surface area contributed by atoms with Crippen LogP contribution in [0.25, 0.3) is 0 Å². The van der Waals surface area contributed by atoms with Crippen LogP contribution in [0.3, 0.4) is 0 Å². The molecule has 1 saturated heterocycles. The van der Waals surface area contributed by atoms with E-state index in [0.717, 1.165) is 25.6 Å². The summed E-state index contributed by atoms with van der Waals surface area (Å²) in [6.45, 7) is 7.31. The Balaban J connectivity index is 1.93. The zero-order valence-corrected chi connectivity index (χ0v) is 13.7. The molecule has 1 aliphatic heterocycles. The van der Waals surface area contributed by atoms with Gasteiger partial charge in [0, 0.05) is 45.8 Å². The number of hydrogen-bond donors (Lipinski definition) is 1. The summed E-state index contributed by atoms with van der Waals surface area (Å²) in [5.74, 6) is 0.997. The quantitative estimate of drug-likeness (QED) is 0.680. The van der Waals surface area contributed by atoms with E-state index in [0.29, 0.717) is 12.1 Å². The van der Waals surface area contributed by atoms with Gasteiger partial charge in [-0.25, -0.2) is 0 Å². The van der Waals surface area contributed by atoms with E-state index in [2.05, 4.69) is 64.3 Å². The van der Waals surface area contributed by atoms with E-state index in [1.807, 2.05) is 14.1 Å². The normalized spacial score (nSPS) is 23.3. The molecule has 2 unspecified atom stereocenters. The first-order valence-corrected chi connectivity index (χ1v) is 7.86. The maximum absolute atomic E-state index is 4.53. The molecule has 0 saturated carbocycles. The molecule has 2 atom stereocenters. The third-order valence-electron chi connectivity index (χ3n) is 4.00. The molecule has 2 rings (SSSR count). The molecule has 21 heavy (non-hydrogen) atoms. The van der Waals surface area contributed by atoms with Crippen LogP contribution >= 0.6 is 0 Å².